The van der Waals surface area contributed by atoms with Gasteiger partial charge in [0.25, 0.3) is 0 Å². The second kappa shape index (κ2) is 7.08. The minimum absolute atomic E-state index is 0.0336. The zero-order valence-electron chi connectivity index (χ0n) is 15.7. The molecule has 1 saturated carbocycles. The molecule has 1 aromatic carbocycles. The SMILES string of the molecule is CC(C)(C)NCC(O)COc1cccc2c1CC1(CCCC1)CC2=O. The standard InChI is InChI=1S/C21H31NO3/c1-20(2,3)22-13-15(23)14-25-19-8-6-7-16-17(19)11-21(12-18(16)24)9-4-5-10-21/h6-8,15,22-23H,4-5,9-14H2,1-3H3. The van der Waals surface area contributed by atoms with E-state index >= 15 is 0 Å². The first kappa shape index (κ1) is 18.4. The van der Waals surface area contributed by atoms with E-state index in [2.05, 4.69) is 26.1 Å². The smallest absolute Gasteiger partial charge is 0.163 e. The Morgan fingerprint density at radius 1 is 1.24 bits per heavy atom. The molecule has 1 aromatic rings. The number of hydrogen-bond acceptors (Lipinski definition) is 4. The van der Waals surface area contributed by atoms with Crippen molar-refractivity contribution in [1.29, 1.82) is 0 Å². The van der Waals surface area contributed by atoms with E-state index in [4.69, 9.17) is 4.74 Å². The molecule has 1 spiro atoms. The second-order valence-corrected chi connectivity index (χ2v) is 8.86. The van der Waals surface area contributed by atoms with E-state index in [9.17, 15) is 9.90 Å². The first-order valence-electron chi connectivity index (χ1n) is 9.49. The summed E-state index contributed by atoms with van der Waals surface area (Å²) in [6, 6.07) is 5.74. The monoisotopic (exact) mass is 345 g/mol. The van der Waals surface area contributed by atoms with E-state index < -0.39 is 6.10 Å². The average molecular weight is 345 g/mol. The molecule has 0 heterocycles. The minimum Gasteiger partial charge on any atom is -0.491 e. The van der Waals surface area contributed by atoms with Crippen molar-refractivity contribution in [2.45, 2.75) is 70.9 Å². The van der Waals surface area contributed by atoms with Crippen LogP contribution in [0.25, 0.3) is 0 Å². The van der Waals surface area contributed by atoms with Crippen LogP contribution in [0.2, 0.25) is 0 Å². The third-order valence-corrected chi connectivity index (χ3v) is 5.48. The molecule has 2 aliphatic carbocycles. The number of aliphatic hydroxyl groups excluding tert-OH is 1. The van der Waals surface area contributed by atoms with E-state index in [1.807, 2.05) is 18.2 Å². The molecule has 25 heavy (non-hydrogen) atoms. The van der Waals surface area contributed by atoms with E-state index in [1.54, 1.807) is 0 Å². The molecule has 0 bridgehead atoms. The number of ketones is 1. The van der Waals surface area contributed by atoms with Gasteiger partial charge < -0.3 is 15.2 Å². The maximum absolute atomic E-state index is 12.6. The Morgan fingerprint density at radius 3 is 2.64 bits per heavy atom. The van der Waals surface area contributed by atoms with Crippen LogP contribution in [0.3, 0.4) is 0 Å². The molecular weight excluding hydrogens is 314 g/mol. The Hall–Kier alpha value is -1.39. The fraction of sp³-hybridized carbons (Fsp3) is 0.667. The summed E-state index contributed by atoms with van der Waals surface area (Å²) >= 11 is 0. The summed E-state index contributed by atoms with van der Waals surface area (Å²) in [5.41, 5.74) is 1.98. The highest BCUT2D eigenvalue weighted by Crippen LogP contribution is 2.49. The lowest BCUT2D eigenvalue weighted by molar-refractivity contribution is 0.0873. The van der Waals surface area contributed by atoms with Crippen LogP contribution >= 0.6 is 0 Å². The zero-order valence-corrected chi connectivity index (χ0v) is 15.7. The largest absolute Gasteiger partial charge is 0.491 e. The van der Waals surface area contributed by atoms with Gasteiger partial charge in [-0.15, -0.1) is 0 Å². The molecule has 2 N–H and O–H groups in total. The molecule has 0 radical (unpaired) electrons. The lowest BCUT2D eigenvalue weighted by Gasteiger charge is -2.34. The molecule has 4 heteroatoms. The number of Topliss-reactive ketones (excluding diaryl/α,β-unsaturated/α-hetero) is 1. The van der Waals surface area contributed by atoms with Crippen LogP contribution in [0, 0.1) is 5.41 Å². The van der Waals surface area contributed by atoms with Gasteiger partial charge in [-0.1, -0.05) is 25.0 Å². The van der Waals surface area contributed by atoms with Gasteiger partial charge in [0.1, 0.15) is 18.5 Å². The summed E-state index contributed by atoms with van der Waals surface area (Å²) in [7, 11) is 0. The molecule has 0 aromatic heterocycles. The third-order valence-electron chi connectivity index (χ3n) is 5.48. The Labute approximate surface area is 151 Å². The summed E-state index contributed by atoms with van der Waals surface area (Å²) in [5.74, 6) is 1.02. The van der Waals surface area contributed by atoms with Gasteiger partial charge in [0.05, 0.1) is 0 Å². The topological polar surface area (TPSA) is 58.6 Å². The number of hydrogen-bond donors (Lipinski definition) is 2. The van der Waals surface area contributed by atoms with E-state index in [0.717, 1.165) is 36.1 Å². The number of ether oxygens (including phenoxy) is 1. The van der Waals surface area contributed by atoms with Gasteiger partial charge in [-0.2, -0.15) is 0 Å². The minimum atomic E-state index is -0.574. The Morgan fingerprint density at radius 2 is 1.96 bits per heavy atom. The molecule has 0 aliphatic heterocycles. The van der Waals surface area contributed by atoms with Crippen molar-refractivity contribution < 1.29 is 14.6 Å². The summed E-state index contributed by atoms with van der Waals surface area (Å²) in [6.07, 6.45) is 5.78. The van der Waals surface area contributed by atoms with Gasteiger partial charge in [0.2, 0.25) is 0 Å². The molecule has 1 atom stereocenters. The predicted octanol–water partition coefficient (Wildman–Crippen LogP) is 3.50. The lowest BCUT2D eigenvalue weighted by Crippen LogP contribution is -2.42. The number of rotatable bonds is 5. The molecule has 1 unspecified atom stereocenters. The van der Waals surface area contributed by atoms with Gasteiger partial charge in [0.15, 0.2) is 5.78 Å². The molecule has 0 amide bonds. The Balaban J connectivity index is 1.69. The van der Waals surface area contributed by atoms with Crippen LogP contribution in [0.5, 0.6) is 5.75 Å². The zero-order chi connectivity index (χ0) is 18.1. The molecular formula is C21H31NO3. The number of aliphatic hydroxyl groups is 1. The number of fused-ring (bicyclic) bond motifs is 1. The number of carbonyl (C=O) groups excluding carboxylic acids is 1. The predicted molar refractivity (Wildman–Crippen MR) is 99.3 cm³/mol. The summed E-state index contributed by atoms with van der Waals surface area (Å²) in [6.45, 7) is 6.94. The number of β-amino-alcohol motifs (C(OH)–C–C–N with tert-alkyl or cyclic N) is 1. The van der Waals surface area contributed by atoms with Crippen molar-refractivity contribution in [3.8, 4) is 5.75 Å². The highest BCUT2D eigenvalue weighted by atomic mass is 16.5. The van der Waals surface area contributed by atoms with Gasteiger partial charge in [-0.05, 0) is 51.5 Å². The summed E-state index contributed by atoms with van der Waals surface area (Å²) in [5, 5.41) is 13.5. The van der Waals surface area contributed by atoms with Crippen molar-refractivity contribution in [1.82, 2.24) is 5.32 Å². The van der Waals surface area contributed by atoms with Crippen LogP contribution < -0.4 is 10.1 Å². The molecule has 2 aliphatic rings. The van der Waals surface area contributed by atoms with E-state index in [1.165, 1.54) is 12.8 Å². The molecule has 138 valence electrons. The molecule has 4 nitrogen and oxygen atoms in total. The Kier molecular flexibility index (Phi) is 5.21. The maximum Gasteiger partial charge on any atom is 0.163 e. The lowest BCUT2D eigenvalue weighted by atomic mass is 9.70. The van der Waals surface area contributed by atoms with Crippen LogP contribution in [0.4, 0.5) is 0 Å². The fourth-order valence-corrected chi connectivity index (χ4v) is 4.17. The molecule has 3 rings (SSSR count). The highest BCUT2D eigenvalue weighted by molar-refractivity contribution is 5.99. The van der Waals surface area contributed by atoms with E-state index in [-0.39, 0.29) is 23.3 Å². The van der Waals surface area contributed by atoms with Crippen molar-refractivity contribution >= 4 is 5.78 Å². The second-order valence-electron chi connectivity index (χ2n) is 8.86. The van der Waals surface area contributed by atoms with Gasteiger partial charge >= 0.3 is 0 Å². The Bertz CT molecular complexity index is 627. The first-order chi connectivity index (χ1) is 11.8. The number of nitrogens with one attached hydrogen (secondary N) is 1. The fourth-order valence-electron chi connectivity index (χ4n) is 4.17. The van der Waals surface area contributed by atoms with Crippen molar-refractivity contribution in [3.05, 3.63) is 29.3 Å². The number of carbonyl (C=O) groups is 1. The van der Waals surface area contributed by atoms with Crippen LogP contribution in [0.15, 0.2) is 18.2 Å². The molecule has 1 fully saturated rings. The van der Waals surface area contributed by atoms with Crippen molar-refractivity contribution in [3.63, 3.8) is 0 Å². The molecule has 0 saturated heterocycles. The first-order valence-corrected chi connectivity index (χ1v) is 9.49. The quantitative estimate of drug-likeness (QED) is 0.857. The summed E-state index contributed by atoms with van der Waals surface area (Å²) < 4.78 is 5.94. The van der Waals surface area contributed by atoms with Crippen molar-refractivity contribution in [2.75, 3.05) is 13.2 Å². The summed E-state index contributed by atoms with van der Waals surface area (Å²) in [4.78, 5) is 12.6. The third kappa shape index (κ3) is 4.42. The van der Waals surface area contributed by atoms with Crippen LogP contribution in [-0.4, -0.2) is 35.7 Å². The van der Waals surface area contributed by atoms with Gasteiger partial charge in [0, 0.05) is 29.6 Å². The van der Waals surface area contributed by atoms with Gasteiger partial charge in [-0.3, -0.25) is 4.79 Å². The number of benzene rings is 1. The van der Waals surface area contributed by atoms with Crippen LogP contribution in [-0.2, 0) is 6.42 Å². The van der Waals surface area contributed by atoms with E-state index in [0.29, 0.717) is 13.0 Å². The van der Waals surface area contributed by atoms with Crippen LogP contribution in [0.1, 0.15) is 68.8 Å². The highest BCUT2D eigenvalue weighted by Gasteiger charge is 2.41. The maximum atomic E-state index is 12.6. The van der Waals surface area contributed by atoms with Gasteiger partial charge in [-0.25, -0.2) is 0 Å². The van der Waals surface area contributed by atoms with Crippen molar-refractivity contribution in [2.24, 2.45) is 5.41 Å². The normalized spacial score (nSPS) is 20.6. The average Bonchev–Trinajstić information content (AvgIpc) is 2.98.